The largest absolute Gasteiger partial charge is 0.506 e. The maximum Gasteiger partial charge on any atom is 0.162 e. The number of rotatable bonds is 3. The first kappa shape index (κ1) is 13.5. The van der Waals surface area contributed by atoms with Crippen LogP contribution in [-0.2, 0) is 13.1 Å². The molecule has 0 unspecified atom stereocenters. The molecule has 1 N–H and O–H groups in total. The van der Waals surface area contributed by atoms with Gasteiger partial charge in [0.25, 0.3) is 0 Å². The molecule has 1 aromatic carbocycles. The Kier molecular flexibility index (Phi) is 3.33. The highest BCUT2D eigenvalue weighted by Crippen LogP contribution is 2.37. The van der Waals surface area contributed by atoms with Crippen molar-refractivity contribution >= 4 is 5.69 Å². The van der Waals surface area contributed by atoms with Crippen LogP contribution < -0.4 is 14.4 Å². The van der Waals surface area contributed by atoms with E-state index in [1.807, 2.05) is 31.3 Å². The minimum Gasteiger partial charge on any atom is -0.506 e. The standard InChI is InChI=1S/C16H18N2O3/c1-10-16(19)13-9-18(8-11(13)7-17-10)12-4-5-14(20-2)15(6-12)21-3/h4-7,19H,8-9H2,1-3H3. The molecule has 5 nitrogen and oxygen atoms in total. The fraction of sp³-hybridized carbons (Fsp3) is 0.312. The van der Waals surface area contributed by atoms with Gasteiger partial charge in [0.1, 0.15) is 5.75 Å². The zero-order valence-corrected chi connectivity index (χ0v) is 12.4. The van der Waals surface area contributed by atoms with Crippen molar-refractivity contribution in [3.8, 4) is 17.2 Å². The highest BCUT2D eigenvalue weighted by atomic mass is 16.5. The Bertz CT molecular complexity index is 685. The summed E-state index contributed by atoms with van der Waals surface area (Å²) in [4.78, 5) is 6.39. The van der Waals surface area contributed by atoms with E-state index in [1.54, 1.807) is 14.2 Å². The lowest BCUT2D eigenvalue weighted by atomic mass is 10.1. The van der Waals surface area contributed by atoms with Crippen LogP contribution in [0.4, 0.5) is 5.69 Å². The molecule has 2 heterocycles. The van der Waals surface area contributed by atoms with Crippen LogP contribution in [0.25, 0.3) is 0 Å². The van der Waals surface area contributed by atoms with Gasteiger partial charge in [0.05, 0.1) is 19.9 Å². The van der Waals surface area contributed by atoms with Crippen molar-refractivity contribution < 1.29 is 14.6 Å². The minimum absolute atomic E-state index is 0.301. The average Bonchev–Trinajstić information content (AvgIpc) is 2.95. The third-order valence-electron chi connectivity index (χ3n) is 3.87. The predicted molar refractivity (Wildman–Crippen MR) is 80.1 cm³/mol. The molecular formula is C16H18N2O3. The number of ether oxygens (including phenoxy) is 2. The zero-order chi connectivity index (χ0) is 15.0. The summed E-state index contributed by atoms with van der Waals surface area (Å²) >= 11 is 0. The molecule has 1 aliphatic rings. The first-order valence-electron chi connectivity index (χ1n) is 6.77. The second-order valence-corrected chi connectivity index (χ2v) is 5.09. The van der Waals surface area contributed by atoms with Crippen molar-refractivity contribution in [2.45, 2.75) is 20.0 Å². The van der Waals surface area contributed by atoms with Crippen LogP contribution in [-0.4, -0.2) is 24.3 Å². The van der Waals surface area contributed by atoms with E-state index < -0.39 is 0 Å². The molecule has 0 radical (unpaired) electrons. The highest BCUT2D eigenvalue weighted by Gasteiger charge is 2.24. The number of benzene rings is 1. The monoisotopic (exact) mass is 286 g/mol. The Balaban J connectivity index is 1.92. The smallest absolute Gasteiger partial charge is 0.162 e. The summed E-state index contributed by atoms with van der Waals surface area (Å²) in [6.45, 7) is 3.21. The molecule has 5 heteroatoms. The van der Waals surface area contributed by atoms with Crippen LogP contribution in [0.15, 0.2) is 24.4 Å². The molecule has 0 saturated heterocycles. The number of aryl methyl sites for hydroxylation is 1. The summed E-state index contributed by atoms with van der Waals surface area (Å²) in [6.07, 6.45) is 1.84. The van der Waals surface area contributed by atoms with Crippen LogP contribution in [0, 0.1) is 6.92 Å². The van der Waals surface area contributed by atoms with E-state index in [9.17, 15) is 5.11 Å². The van der Waals surface area contributed by atoms with Gasteiger partial charge in [0.15, 0.2) is 11.5 Å². The second kappa shape index (κ2) is 5.16. The first-order chi connectivity index (χ1) is 10.1. The number of methoxy groups -OCH3 is 2. The summed E-state index contributed by atoms with van der Waals surface area (Å²) in [5, 5.41) is 10.1. The Morgan fingerprint density at radius 3 is 2.62 bits per heavy atom. The van der Waals surface area contributed by atoms with Crippen molar-refractivity contribution in [1.82, 2.24) is 4.98 Å². The van der Waals surface area contributed by atoms with Crippen LogP contribution in [0.2, 0.25) is 0 Å². The van der Waals surface area contributed by atoms with E-state index in [0.717, 1.165) is 23.4 Å². The number of fused-ring (bicyclic) bond motifs is 1. The molecule has 0 bridgehead atoms. The quantitative estimate of drug-likeness (QED) is 0.940. The van der Waals surface area contributed by atoms with Gasteiger partial charge in [-0.15, -0.1) is 0 Å². The molecule has 0 saturated carbocycles. The minimum atomic E-state index is 0.301. The molecule has 0 aliphatic carbocycles. The third-order valence-corrected chi connectivity index (χ3v) is 3.87. The van der Waals surface area contributed by atoms with Gasteiger partial charge in [-0.05, 0) is 24.6 Å². The molecule has 1 aliphatic heterocycles. The van der Waals surface area contributed by atoms with Crippen molar-refractivity contribution in [2.75, 3.05) is 19.1 Å². The van der Waals surface area contributed by atoms with Gasteiger partial charge in [-0.25, -0.2) is 0 Å². The summed E-state index contributed by atoms with van der Waals surface area (Å²) in [5.41, 5.74) is 3.72. The first-order valence-corrected chi connectivity index (χ1v) is 6.77. The normalized spacial score (nSPS) is 13.2. The fourth-order valence-electron chi connectivity index (χ4n) is 2.65. The lowest BCUT2D eigenvalue weighted by Gasteiger charge is -2.19. The summed E-state index contributed by atoms with van der Waals surface area (Å²) in [6, 6.07) is 5.83. The third kappa shape index (κ3) is 2.24. The average molecular weight is 286 g/mol. The van der Waals surface area contributed by atoms with E-state index in [2.05, 4.69) is 9.88 Å². The molecule has 110 valence electrons. The van der Waals surface area contributed by atoms with Crippen molar-refractivity contribution in [3.63, 3.8) is 0 Å². The van der Waals surface area contributed by atoms with Crippen molar-refractivity contribution in [3.05, 3.63) is 41.2 Å². The molecule has 0 amide bonds. The summed E-state index contributed by atoms with van der Waals surface area (Å²) in [5.74, 6) is 1.71. The summed E-state index contributed by atoms with van der Waals surface area (Å²) < 4.78 is 10.6. The van der Waals surface area contributed by atoms with Crippen molar-refractivity contribution in [2.24, 2.45) is 0 Å². The van der Waals surface area contributed by atoms with Gasteiger partial charge in [0.2, 0.25) is 0 Å². The van der Waals surface area contributed by atoms with Gasteiger partial charge in [0, 0.05) is 36.6 Å². The molecule has 0 spiro atoms. The van der Waals surface area contributed by atoms with Gasteiger partial charge in [-0.2, -0.15) is 0 Å². The van der Waals surface area contributed by atoms with Crippen LogP contribution >= 0.6 is 0 Å². The van der Waals surface area contributed by atoms with Crippen LogP contribution in [0.5, 0.6) is 17.2 Å². The van der Waals surface area contributed by atoms with Gasteiger partial charge >= 0.3 is 0 Å². The second-order valence-electron chi connectivity index (χ2n) is 5.09. The van der Waals surface area contributed by atoms with Crippen LogP contribution in [0.1, 0.15) is 16.8 Å². The number of hydrogen-bond donors (Lipinski definition) is 1. The Morgan fingerprint density at radius 1 is 1.14 bits per heavy atom. The number of aromatic nitrogens is 1. The van der Waals surface area contributed by atoms with Gasteiger partial charge < -0.3 is 19.5 Å². The van der Waals surface area contributed by atoms with E-state index in [4.69, 9.17) is 9.47 Å². The number of hydrogen-bond acceptors (Lipinski definition) is 5. The number of nitrogens with zero attached hydrogens (tertiary/aromatic N) is 2. The number of anilines is 1. The molecule has 3 rings (SSSR count). The van der Waals surface area contributed by atoms with E-state index in [0.29, 0.717) is 29.5 Å². The van der Waals surface area contributed by atoms with Gasteiger partial charge in [-0.1, -0.05) is 0 Å². The van der Waals surface area contributed by atoms with E-state index in [-0.39, 0.29) is 0 Å². The predicted octanol–water partition coefficient (Wildman–Crippen LogP) is 2.63. The molecule has 21 heavy (non-hydrogen) atoms. The fourth-order valence-corrected chi connectivity index (χ4v) is 2.65. The van der Waals surface area contributed by atoms with E-state index >= 15 is 0 Å². The summed E-state index contributed by atoms with van der Waals surface area (Å²) in [7, 11) is 3.25. The molecular weight excluding hydrogens is 268 g/mol. The Hall–Kier alpha value is -2.43. The van der Waals surface area contributed by atoms with E-state index in [1.165, 1.54) is 0 Å². The lowest BCUT2D eigenvalue weighted by molar-refractivity contribution is 0.355. The van der Waals surface area contributed by atoms with Crippen LogP contribution in [0.3, 0.4) is 0 Å². The topological polar surface area (TPSA) is 54.8 Å². The SMILES string of the molecule is COc1ccc(N2Cc3cnc(C)c(O)c3C2)cc1OC. The maximum atomic E-state index is 10.1. The Morgan fingerprint density at radius 2 is 1.90 bits per heavy atom. The highest BCUT2D eigenvalue weighted by molar-refractivity contribution is 5.60. The van der Waals surface area contributed by atoms with Gasteiger partial charge in [-0.3, -0.25) is 4.98 Å². The maximum absolute atomic E-state index is 10.1. The van der Waals surface area contributed by atoms with Crippen molar-refractivity contribution in [1.29, 1.82) is 0 Å². The number of pyridine rings is 1. The molecule has 0 atom stereocenters. The Labute approximate surface area is 123 Å². The molecule has 2 aromatic rings. The molecule has 0 fully saturated rings. The molecule has 1 aromatic heterocycles. The zero-order valence-electron chi connectivity index (χ0n) is 12.4. The number of aromatic hydroxyl groups is 1. The lowest BCUT2D eigenvalue weighted by Crippen LogP contribution is -2.14.